The van der Waals surface area contributed by atoms with Gasteiger partial charge < -0.3 is 0 Å². The Hall–Kier alpha value is -1.63. The van der Waals surface area contributed by atoms with Crippen molar-refractivity contribution in [2.24, 2.45) is 10.4 Å². The average Bonchev–Trinajstić information content (AvgIpc) is 2.81. The molecule has 0 radical (unpaired) electrons. The number of nitrogens with zero attached hydrogens (tertiary/aromatic N) is 1. The van der Waals surface area contributed by atoms with Gasteiger partial charge in [0.1, 0.15) is 0 Å². The number of aliphatic imine (C=N–C) groups is 1. The van der Waals surface area contributed by atoms with Crippen LogP contribution in [-0.2, 0) is 11.8 Å². The Bertz CT molecular complexity index is 737. The first-order valence-corrected chi connectivity index (χ1v) is 7.80. The fraction of sp³-hybridized carbons (Fsp3) is 0.450. The minimum atomic E-state index is 0.149. The van der Waals surface area contributed by atoms with Gasteiger partial charge in [-0.05, 0) is 33.4 Å². The second-order valence-electron chi connectivity index (χ2n) is 8.23. The molecule has 1 aliphatic rings. The van der Waals surface area contributed by atoms with E-state index in [0.29, 0.717) is 0 Å². The number of fused-ring (bicyclic) bond motifs is 3. The van der Waals surface area contributed by atoms with Crippen molar-refractivity contribution in [3.8, 4) is 0 Å². The lowest BCUT2D eigenvalue weighted by Gasteiger charge is -2.20. The molecule has 0 atom stereocenters. The van der Waals surface area contributed by atoms with E-state index in [9.17, 15) is 0 Å². The Kier molecular flexibility index (Phi) is 3.02. The molecule has 0 unspecified atom stereocenters. The summed E-state index contributed by atoms with van der Waals surface area (Å²) >= 11 is 0. The summed E-state index contributed by atoms with van der Waals surface area (Å²) in [4.78, 5) is 4.86. The highest BCUT2D eigenvalue weighted by Crippen LogP contribution is 2.38. The third kappa shape index (κ3) is 2.50. The highest BCUT2D eigenvalue weighted by Gasteiger charge is 2.26. The van der Waals surface area contributed by atoms with Crippen LogP contribution in [-0.4, -0.2) is 5.71 Å². The highest BCUT2D eigenvalue weighted by atomic mass is 14.8. The Morgan fingerprint density at radius 3 is 2.19 bits per heavy atom. The van der Waals surface area contributed by atoms with Gasteiger partial charge in [-0.3, -0.25) is 4.99 Å². The molecular formula is C20H25N. The zero-order valence-electron chi connectivity index (χ0n) is 14.0. The number of rotatable bonds is 0. The largest absolute Gasteiger partial charge is 0.257 e. The van der Waals surface area contributed by atoms with Gasteiger partial charge in [-0.2, -0.15) is 0 Å². The molecule has 0 saturated heterocycles. The molecule has 2 aromatic rings. The molecule has 3 rings (SSSR count). The third-order valence-electron chi connectivity index (χ3n) is 4.44. The Morgan fingerprint density at radius 1 is 0.857 bits per heavy atom. The molecule has 21 heavy (non-hydrogen) atoms. The summed E-state index contributed by atoms with van der Waals surface area (Å²) in [6, 6.07) is 11.3. The van der Waals surface area contributed by atoms with Crippen LogP contribution in [0.25, 0.3) is 10.8 Å². The van der Waals surface area contributed by atoms with E-state index in [2.05, 4.69) is 71.9 Å². The Labute approximate surface area is 128 Å². The first kappa shape index (κ1) is 14.3. The average molecular weight is 279 g/mol. The van der Waals surface area contributed by atoms with Gasteiger partial charge in [0.15, 0.2) is 0 Å². The van der Waals surface area contributed by atoms with Crippen LogP contribution in [0.15, 0.2) is 35.3 Å². The number of benzene rings is 2. The van der Waals surface area contributed by atoms with Crippen molar-refractivity contribution in [2.75, 3.05) is 0 Å². The van der Waals surface area contributed by atoms with E-state index in [4.69, 9.17) is 4.99 Å². The van der Waals surface area contributed by atoms with Gasteiger partial charge in [0.05, 0.1) is 5.69 Å². The lowest BCUT2D eigenvalue weighted by molar-refractivity contribution is 0.585. The molecule has 1 aliphatic heterocycles. The van der Waals surface area contributed by atoms with Gasteiger partial charge in [-0.25, -0.2) is 0 Å². The van der Waals surface area contributed by atoms with Gasteiger partial charge in [-0.15, -0.1) is 0 Å². The summed E-state index contributed by atoms with van der Waals surface area (Å²) < 4.78 is 0. The van der Waals surface area contributed by atoms with Crippen LogP contribution in [0.4, 0.5) is 5.69 Å². The highest BCUT2D eigenvalue weighted by molar-refractivity contribution is 6.03. The van der Waals surface area contributed by atoms with Crippen LogP contribution in [0.3, 0.4) is 0 Å². The van der Waals surface area contributed by atoms with E-state index in [1.807, 2.05) is 0 Å². The van der Waals surface area contributed by atoms with Crippen molar-refractivity contribution in [3.63, 3.8) is 0 Å². The third-order valence-corrected chi connectivity index (χ3v) is 4.44. The Balaban J connectivity index is 2.11. The summed E-state index contributed by atoms with van der Waals surface area (Å²) in [6.07, 6.45) is 0.991. The van der Waals surface area contributed by atoms with Crippen LogP contribution >= 0.6 is 0 Å². The first-order chi connectivity index (χ1) is 9.66. The molecule has 0 spiro atoms. The molecule has 0 saturated carbocycles. The molecule has 0 bridgehead atoms. The fourth-order valence-electron chi connectivity index (χ4n) is 2.93. The Morgan fingerprint density at radius 2 is 1.57 bits per heavy atom. The van der Waals surface area contributed by atoms with Crippen molar-refractivity contribution in [1.82, 2.24) is 0 Å². The number of hydrogen-bond acceptors (Lipinski definition) is 1. The summed E-state index contributed by atoms with van der Waals surface area (Å²) in [5.74, 6) is 0. The predicted molar refractivity (Wildman–Crippen MR) is 92.9 cm³/mol. The van der Waals surface area contributed by atoms with E-state index in [-0.39, 0.29) is 10.8 Å². The van der Waals surface area contributed by atoms with E-state index in [1.165, 1.54) is 27.6 Å². The smallest absolute Gasteiger partial charge is 0.0671 e. The molecule has 0 aromatic heterocycles. The fourth-order valence-corrected chi connectivity index (χ4v) is 2.93. The second kappa shape index (κ2) is 4.43. The van der Waals surface area contributed by atoms with Gasteiger partial charge in [0.2, 0.25) is 0 Å². The summed E-state index contributed by atoms with van der Waals surface area (Å²) in [5.41, 5.74) is 5.60. The van der Waals surface area contributed by atoms with Crippen molar-refractivity contribution in [3.05, 3.63) is 41.5 Å². The van der Waals surface area contributed by atoms with Crippen molar-refractivity contribution < 1.29 is 0 Å². The van der Waals surface area contributed by atoms with E-state index in [0.717, 1.165) is 12.1 Å². The van der Waals surface area contributed by atoms with Gasteiger partial charge >= 0.3 is 0 Å². The standard InChI is InChI=1S/C20H25N/c1-19(2,3)14-8-9-15-13(11-14)7-10-17-16(15)12-18(21-17)20(4,5)6/h7-11H,12H2,1-6H3. The molecular weight excluding hydrogens is 254 g/mol. The molecule has 1 heterocycles. The van der Waals surface area contributed by atoms with E-state index in [1.54, 1.807) is 0 Å². The molecule has 1 nitrogen and oxygen atoms in total. The molecule has 2 aromatic carbocycles. The summed E-state index contributed by atoms with van der Waals surface area (Å²) in [7, 11) is 0. The van der Waals surface area contributed by atoms with Crippen LogP contribution < -0.4 is 0 Å². The van der Waals surface area contributed by atoms with Crippen LogP contribution in [0.5, 0.6) is 0 Å². The van der Waals surface area contributed by atoms with Crippen LogP contribution in [0.2, 0.25) is 0 Å². The topological polar surface area (TPSA) is 12.4 Å². The maximum atomic E-state index is 4.86. The normalized spacial score (nSPS) is 15.2. The maximum absolute atomic E-state index is 4.86. The lowest BCUT2D eigenvalue weighted by Crippen LogP contribution is -2.19. The van der Waals surface area contributed by atoms with Gasteiger partial charge in [0.25, 0.3) is 0 Å². The quantitative estimate of drug-likeness (QED) is 0.577. The minimum Gasteiger partial charge on any atom is -0.257 e. The molecule has 110 valence electrons. The molecule has 0 N–H and O–H groups in total. The van der Waals surface area contributed by atoms with E-state index >= 15 is 0 Å². The van der Waals surface area contributed by atoms with Gasteiger partial charge in [0, 0.05) is 17.5 Å². The molecule has 0 fully saturated rings. The maximum Gasteiger partial charge on any atom is 0.0671 e. The monoisotopic (exact) mass is 279 g/mol. The zero-order valence-corrected chi connectivity index (χ0v) is 14.0. The van der Waals surface area contributed by atoms with E-state index < -0.39 is 0 Å². The van der Waals surface area contributed by atoms with Crippen LogP contribution in [0, 0.1) is 5.41 Å². The van der Waals surface area contributed by atoms with Crippen molar-refractivity contribution in [2.45, 2.75) is 53.4 Å². The second-order valence-corrected chi connectivity index (χ2v) is 8.23. The predicted octanol–water partition coefficient (Wildman–Crippen LogP) is 5.81. The number of hydrogen-bond donors (Lipinski definition) is 0. The van der Waals surface area contributed by atoms with Crippen LogP contribution in [0.1, 0.15) is 52.7 Å². The molecule has 0 aliphatic carbocycles. The van der Waals surface area contributed by atoms with Gasteiger partial charge in [-0.1, -0.05) is 65.8 Å². The summed E-state index contributed by atoms with van der Waals surface area (Å²) in [6.45, 7) is 13.5. The zero-order chi connectivity index (χ0) is 15.4. The minimum absolute atomic E-state index is 0.149. The lowest BCUT2D eigenvalue weighted by atomic mass is 9.84. The SMILES string of the molecule is CC(C)(C)C1=Nc2ccc3cc(C(C)(C)C)ccc3c2C1. The van der Waals surface area contributed by atoms with Crippen molar-refractivity contribution >= 4 is 22.2 Å². The summed E-state index contributed by atoms with van der Waals surface area (Å²) in [5, 5.41) is 2.70. The first-order valence-electron chi connectivity index (χ1n) is 7.80. The van der Waals surface area contributed by atoms with Crippen molar-refractivity contribution in [1.29, 1.82) is 0 Å². The molecule has 1 heteroatoms. The molecule has 0 amide bonds.